The standard InChI is InChI=1S/C23H30N8.C5H3N/c1-15-6-3-4-9-30(15)22-20(16-7-5-8-26-11-16)19(17-12-27-29(2)13-17)14-31-21(22)18(10-24)23(25)28-31;1-2-6-5-3-4(1)5/h12-16,26H,3-9,11H2,1-2H3,(H2,25,28);1-3H. The summed E-state index contributed by atoms with van der Waals surface area (Å²) in [5, 5.41) is 22.5. The van der Waals surface area contributed by atoms with Gasteiger partial charge in [0.2, 0.25) is 0 Å². The number of aryl methyl sites for hydroxylation is 1. The lowest BCUT2D eigenvalue weighted by Crippen LogP contribution is -2.39. The summed E-state index contributed by atoms with van der Waals surface area (Å²) in [5.74, 6) is 0.658. The summed E-state index contributed by atoms with van der Waals surface area (Å²) in [6.07, 6.45) is 13.7. The van der Waals surface area contributed by atoms with Crippen molar-refractivity contribution in [3.63, 3.8) is 0 Å². The van der Waals surface area contributed by atoms with Gasteiger partial charge in [-0.15, -0.1) is 5.10 Å². The molecule has 2 saturated heterocycles. The first-order valence-electron chi connectivity index (χ1n) is 13.2. The molecule has 4 aliphatic rings. The van der Waals surface area contributed by atoms with Crippen molar-refractivity contribution in [2.45, 2.75) is 51.0 Å². The summed E-state index contributed by atoms with van der Waals surface area (Å²) in [5.41, 5.74) is 14.7. The lowest BCUT2D eigenvalue weighted by molar-refractivity contribution is 0.454. The van der Waals surface area contributed by atoms with E-state index in [1.54, 1.807) is 0 Å². The quantitative estimate of drug-likeness (QED) is 0.387. The van der Waals surface area contributed by atoms with E-state index < -0.39 is 0 Å². The number of anilines is 2. The Morgan fingerprint density at radius 2 is 2.05 bits per heavy atom. The molecule has 0 saturated carbocycles. The lowest BCUT2D eigenvalue weighted by Gasteiger charge is -2.39. The third kappa shape index (κ3) is 4.31. The molecule has 1 aliphatic carbocycles. The van der Waals surface area contributed by atoms with Crippen LogP contribution in [0.15, 0.2) is 36.9 Å². The number of piperidine rings is 2. The van der Waals surface area contributed by atoms with Crippen molar-refractivity contribution >= 4 is 17.0 Å². The van der Waals surface area contributed by atoms with E-state index in [2.05, 4.69) is 50.7 Å². The summed E-state index contributed by atoms with van der Waals surface area (Å²) in [4.78, 5) is 6.46. The molecule has 3 aromatic heterocycles. The lowest BCUT2D eigenvalue weighted by atomic mass is 9.84. The minimum atomic E-state index is 0.296. The van der Waals surface area contributed by atoms with Gasteiger partial charge in [0, 0.05) is 61.5 Å². The molecular weight excluding hydrogens is 462 g/mol. The van der Waals surface area contributed by atoms with E-state index in [0.717, 1.165) is 67.6 Å². The van der Waals surface area contributed by atoms with Crippen LogP contribution in [0.4, 0.5) is 11.5 Å². The first-order valence-corrected chi connectivity index (χ1v) is 13.2. The molecule has 0 amide bonds. The van der Waals surface area contributed by atoms with Gasteiger partial charge in [0.05, 0.1) is 17.6 Å². The molecule has 6 heterocycles. The van der Waals surface area contributed by atoms with Crippen LogP contribution in [-0.4, -0.2) is 50.1 Å². The molecule has 0 bridgehead atoms. The zero-order valence-electron chi connectivity index (χ0n) is 21.5. The Balaban J connectivity index is 0.000000364. The van der Waals surface area contributed by atoms with E-state index in [1.165, 1.54) is 23.2 Å². The van der Waals surface area contributed by atoms with Crippen LogP contribution in [0.2, 0.25) is 0 Å². The molecule has 2 atom stereocenters. The molecule has 2 fully saturated rings. The van der Waals surface area contributed by atoms with Crippen molar-refractivity contribution in [2.24, 2.45) is 7.05 Å². The highest BCUT2D eigenvalue weighted by molar-refractivity contribution is 5.91. The predicted molar refractivity (Wildman–Crippen MR) is 145 cm³/mol. The number of nitrogens with zero attached hydrogens (tertiary/aromatic N) is 7. The third-order valence-electron chi connectivity index (χ3n) is 7.85. The third-order valence-corrected chi connectivity index (χ3v) is 7.85. The summed E-state index contributed by atoms with van der Waals surface area (Å²) in [6, 6.07) is 6.81. The summed E-state index contributed by atoms with van der Waals surface area (Å²) >= 11 is 0. The fraction of sp³-hybridized carbons (Fsp3) is 0.429. The van der Waals surface area contributed by atoms with E-state index in [1.807, 2.05) is 40.9 Å². The molecule has 7 rings (SSSR count). The Kier molecular flexibility index (Phi) is 6.05. The molecule has 3 aliphatic heterocycles. The van der Waals surface area contributed by atoms with Crippen LogP contribution in [0.1, 0.15) is 56.1 Å². The Morgan fingerprint density at radius 1 is 1.16 bits per heavy atom. The number of fused-ring (bicyclic) bond motifs is 2. The maximum Gasteiger partial charge on any atom is 0.164 e. The van der Waals surface area contributed by atoms with Crippen molar-refractivity contribution < 1.29 is 0 Å². The Hall–Kier alpha value is -3.90. The average molecular weight is 496 g/mol. The maximum absolute atomic E-state index is 9.96. The Bertz CT molecular complexity index is 1470. The molecule has 2 unspecified atom stereocenters. The highest BCUT2D eigenvalue weighted by atomic mass is 15.3. The molecule has 0 aromatic carbocycles. The second kappa shape index (κ2) is 9.52. The monoisotopic (exact) mass is 495 g/mol. The van der Waals surface area contributed by atoms with E-state index in [9.17, 15) is 5.26 Å². The minimum absolute atomic E-state index is 0.296. The van der Waals surface area contributed by atoms with Crippen molar-refractivity contribution in [3.05, 3.63) is 48.0 Å². The first-order chi connectivity index (χ1) is 18.0. The zero-order valence-corrected chi connectivity index (χ0v) is 21.5. The maximum atomic E-state index is 9.96. The van der Waals surface area contributed by atoms with Crippen LogP contribution in [0.25, 0.3) is 27.9 Å². The van der Waals surface area contributed by atoms with E-state index in [0.29, 0.717) is 23.3 Å². The second-order valence-electron chi connectivity index (χ2n) is 10.4. The van der Waals surface area contributed by atoms with Crippen molar-refractivity contribution in [2.75, 3.05) is 30.3 Å². The molecule has 3 N–H and O–H groups in total. The minimum Gasteiger partial charge on any atom is -0.381 e. The van der Waals surface area contributed by atoms with Crippen molar-refractivity contribution in [1.29, 1.82) is 5.26 Å². The van der Waals surface area contributed by atoms with Gasteiger partial charge >= 0.3 is 0 Å². The van der Waals surface area contributed by atoms with Gasteiger partial charge in [0.25, 0.3) is 0 Å². The van der Waals surface area contributed by atoms with Crippen LogP contribution in [-0.2, 0) is 7.05 Å². The highest BCUT2D eigenvalue weighted by Crippen LogP contribution is 2.45. The number of nitrogen functional groups attached to an aromatic ring is 1. The average Bonchev–Trinajstić information content (AvgIpc) is 3.21. The van der Waals surface area contributed by atoms with Crippen molar-refractivity contribution in [3.8, 4) is 28.5 Å². The van der Waals surface area contributed by atoms with Crippen LogP contribution >= 0.6 is 0 Å². The molecular formula is C28H33N9. The number of hydrogen-bond donors (Lipinski definition) is 2. The number of rotatable bonds is 3. The molecule has 190 valence electrons. The van der Waals surface area contributed by atoms with Crippen LogP contribution in [0, 0.1) is 11.3 Å². The Morgan fingerprint density at radius 3 is 2.65 bits per heavy atom. The van der Waals surface area contributed by atoms with E-state index in [-0.39, 0.29) is 0 Å². The number of nitrogens with two attached hydrogens (primary N) is 1. The number of nitrogens with one attached hydrogen (secondary N) is 1. The SMILES string of the molecule is CC1CCCCN1c1c(C2CCCNC2)c(-c2cnn(C)c2)cn2nc(N)c(C#N)c12.c1cc2cc-2n1. The van der Waals surface area contributed by atoms with Gasteiger partial charge in [-0.2, -0.15) is 10.4 Å². The second-order valence-corrected chi connectivity index (χ2v) is 10.4. The van der Waals surface area contributed by atoms with Gasteiger partial charge in [0.1, 0.15) is 17.1 Å². The van der Waals surface area contributed by atoms with Gasteiger partial charge in [-0.05, 0) is 69.2 Å². The molecule has 9 nitrogen and oxygen atoms in total. The molecule has 3 aromatic rings. The number of nitriles is 1. The van der Waals surface area contributed by atoms with Gasteiger partial charge in [-0.25, -0.2) is 4.52 Å². The fourth-order valence-corrected chi connectivity index (χ4v) is 5.91. The number of hydrogen-bond acceptors (Lipinski definition) is 7. The summed E-state index contributed by atoms with van der Waals surface area (Å²) in [7, 11) is 1.94. The zero-order chi connectivity index (χ0) is 25.5. The van der Waals surface area contributed by atoms with Crippen LogP contribution in [0.5, 0.6) is 0 Å². The van der Waals surface area contributed by atoms with Crippen LogP contribution < -0.4 is 16.0 Å². The summed E-state index contributed by atoms with van der Waals surface area (Å²) < 4.78 is 3.66. The molecule has 9 heteroatoms. The van der Waals surface area contributed by atoms with E-state index in [4.69, 9.17) is 5.73 Å². The number of aromatic nitrogens is 5. The van der Waals surface area contributed by atoms with Gasteiger partial charge in [-0.1, -0.05) is 0 Å². The number of pyridine rings is 2. The molecule has 0 spiro atoms. The smallest absolute Gasteiger partial charge is 0.164 e. The van der Waals surface area contributed by atoms with Gasteiger partial charge in [-0.3, -0.25) is 9.67 Å². The first kappa shape index (κ1) is 23.5. The summed E-state index contributed by atoms with van der Waals surface area (Å²) in [6.45, 7) is 5.27. The van der Waals surface area contributed by atoms with Gasteiger partial charge < -0.3 is 16.0 Å². The normalized spacial score (nSPS) is 20.3. The fourth-order valence-electron chi connectivity index (χ4n) is 5.91. The Labute approximate surface area is 216 Å². The van der Waals surface area contributed by atoms with E-state index >= 15 is 0 Å². The predicted octanol–water partition coefficient (Wildman–Crippen LogP) is 4.10. The van der Waals surface area contributed by atoms with Gasteiger partial charge in [0.15, 0.2) is 5.82 Å². The highest BCUT2D eigenvalue weighted by Gasteiger charge is 2.32. The van der Waals surface area contributed by atoms with Crippen LogP contribution in [0.3, 0.4) is 0 Å². The largest absolute Gasteiger partial charge is 0.381 e. The molecule has 37 heavy (non-hydrogen) atoms. The topological polar surface area (TPSA) is 113 Å². The molecule has 0 radical (unpaired) electrons. The van der Waals surface area contributed by atoms with Crippen molar-refractivity contribution in [1.82, 2.24) is 29.7 Å².